The number of nitrogens with zero attached hydrogens (tertiary/aromatic N) is 1. The highest BCUT2D eigenvalue weighted by atomic mass is 35.5. The molecule has 1 atom stereocenters. The van der Waals surface area contributed by atoms with Crippen LogP contribution >= 0.6 is 23.2 Å². The molecule has 3 nitrogen and oxygen atoms in total. The van der Waals surface area contributed by atoms with Crippen LogP contribution in [0.1, 0.15) is 5.56 Å². The van der Waals surface area contributed by atoms with Crippen LogP contribution in [0.15, 0.2) is 48.5 Å². The Balaban J connectivity index is 2.02. The van der Waals surface area contributed by atoms with Crippen LogP contribution in [0.4, 0.5) is 5.69 Å². The molecule has 2 aromatic carbocycles. The van der Waals surface area contributed by atoms with Crippen molar-refractivity contribution in [3.63, 3.8) is 0 Å². The number of carbonyl (C=O) groups is 1. The largest absolute Gasteiger partial charge is 0.315 e. The van der Waals surface area contributed by atoms with Crippen LogP contribution in [-0.2, 0) is 21.3 Å². The van der Waals surface area contributed by atoms with Crippen LogP contribution in [0.5, 0.6) is 0 Å². The Labute approximate surface area is 142 Å². The lowest BCUT2D eigenvalue weighted by Crippen LogP contribution is -2.31. The molecule has 0 N–H and O–H groups in total. The maximum Gasteiger partial charge on any atom is 0.239 e. The fourth-order valence-corrected chi connectivity index (χ4v) is 3.81. The summed E-state index contributed by atoms with van der Waals surface area (Å²) >= 11 is 12.1. The second-order valence-corrected chi connectivity index (χ2v) is 6.99. The number of halogens is 2. The number of anilines is 1. The molecule has 1 unspecified atom stereocenters. The molecule has 116 valence electrons. The molecule has 0 aliphatic rings. The molecule has 0 saturated heterocycles. The second-order valence-electron chi connectivity index (χ2n) is 4.72. The number of hydrogen-bond acceptors (Lipinski definition) is 2. The average molecular weight is 356 g/mol. The Hall–Kier alpha value is -1.36. The molecule has 6 heteroatoms. The molecule has 0 aliphatic carbocycles. The SMILES string of the molecule is CN(C(=O)CS(=O)Cc1c(Cl)cccc1Cl)c1ccccc1. The first-order valence-corrected chi connectivity index (χ1v) is 8.83. The van der Waals surface area contributed by atoms with E-state index < -0.39 is 10.8 Å². The maximum atomic E-state index is 12.2. The highest BCUT2D eigenvalue weighted by Crippen LogP contribution is 2.25. The van der Waals surface area contributed by atoms with Crippen molar-refractivity contribution < 1.29 is 9.00 Å². The van der Waals surface area contributed by atoms with E-state index in [1.807, 2.05) is 30.3 Å². The van der Waals surface area contributed by atoms with Crippen molar-refractivity contribution >= 4 is 45.6 Å². The standard InChI is InChI=1S/C16H15Cl2NO2S/c1-19(12-6-3-2-4-7-12)16(20)11-22(21)10-13-14(17)8-5-9-15(13)18/h2-9H,10-11H2,1H3. The molecule has 0 aromatic heterocycles. The molecular formula is C16H15Cl2NO2S. The Bertz CT molecular complexity index is 672. The topological polar surface area (TPSA) is 37.4 Å². The quantitative estimate of drug-likeness (QED) is 0.815. The van der Waals surface area contributed by atoms with Gasteiger partial charge in [0.05, 0.1) is 5.75 Å². The van der Waals surface area contributed by atoms with E-state index in [2.05, 4.69) is 0 Å². The van der Waals surface area contributed by atoms with E-state index in [4.69, 9.17) is 23.2 Å². The minimum absolute atomic E-state index is 0.0764. The zero-order chi connectivity index (χ0) is 16.1. The lowest BCUT2D eigenvalue weighted by Gasteiger charge is -2.17. The fourth-order valence-electron chi connectivity index (χ4n) is 1.91. The van der Waals surface area contributed by atoms with Gasteiger partial charge >= 0.3 is 0 Å². The molecular weight excluding hydrogens is 341 g/mol. The lowest BCUT2D eigenvalue weighted by atomic mass is 10.2. The van der Waals surface area contributed by atoms with Gasteiger partial charge in [-0.3, -0.25) is 9.00 Å². The van der Waals surface area contributed by atoms with E-state index in [0.29, 0.717) is 15.6 Å². The summed E-state index contributed by atoms with van der Waals surface area (Å²) in [4.78, 5) is 13.7. The van der Waals surface area contributed by atoms with Crippen molar-refractivity contribution in [2.75, 3.05) is 17.7 Å². The maximum absolute atomic E-state index is 12.2. The van der Waals surface area contributed by atoms with Crippen molar-refractivity contribution in [2.24, 2.45) is 0 Å². The van der Waals surface area contributed by atoms with E-state index in [-0.39, 0.29) is 17.4 Å². The normalized spacial score (nSPS) is 12.0. The minimum atomic E-state index is -1.38. The van der Waals surface area contributed by atoms with Gasteiger partial charge in [0.25, 0.3) is 0 Å². The average Bonchev–Trinajstić information content (AvgIpc) is 2.51. The molecule has 0 fully saturated rings. The monoisotopic (exact) mass is 355 g/mol. The van der Waals surface area contributed by atoms with Crippen molar-refractivity contribution in [1.29, 1.82) is 0 Å². The molecule has 1 amide bonds. The second kappa shape index (κ2) is 7.77. The van der Waals surface area contributed by atoms with Gasteiger partial charge in [0, 0.05) is 39.1 Å². The number of hydrogen-bond donors (Lipinski definition) is 0. The third kappa shape index (κ3) is 4.32. The van der Waals surface area contributed by atoms with Crippen molar-refractivity contribution in [1.82, 2.24) is 0 Å². The van der Waals surface area contributed by atoms with Crippen molar-refractivity contribution in [2.45, 2.75) is 5.75 Å². The summed E-state index contributed by atoms with van der Waals surface area (Å²) in [6.07, 6.45) is 0. The van der Waals surface area contributed by atoms with Gasteiger partial charge in [0.1, 0.15) is 5.75 Å². The first kappa shape index (κ1) is 17.0. The summed E-state index contributed by atoms with van der Waals surface area (Å²) in [7, 11) is 0.288. The van der Waals surface area contributed by atoms with Crippen LogP contribution in [0.3, 0.4) is 0 Å². The van der Waals surface area contributed by atoms with Gasteiger partial charge < -0.3 is 4.90 Å². The highest BCUT2D eigenvalue weighted by Gasteiger charge is 2.16. The van der Waals surface area contributed by atoms with E-state index in [0.717, 1.165) is 5.69 Å². The summed E-state index contributed by atoms with van der Waals surface area (Å²) in [5, 5.41) is 0.925. The zero-order valence-electron chi connectivity index (χ0n) is 12.0. The highest BCUT2D eigenvalue weighted by molar-refractivity contribution is 7.85. The molecule has 0 spiro atoms. The molecule has 0 radical (unpaired) electrons. The first-order chi connectivity index (χ1) is 10.5. The Morgan fingerprint density at radius 1 is 1.05 bits per heavy atom. The molecule has 2 rings (SSSR count). The van der Waals surface area contributed by atoms with Gasteiger partial charge in [0.15, 0.2) is 0 Å². The predicted octanol–water partition coefficient (Wildman–Crippen LogP) is 3.91. The number of amides is 1. The minimum Gasteiger partial charge on any atom is -0.315 e. The van der Waals surface area contributed by atoms with Gasteiger partial charge in [0.2, 0.25) is 5.91 Å². The predicted molar refractivity (Wildman–Crippen MR) is 93.0 cm³/mol. The van der Waals surface area contributed by atoms with Gasteiger partial charge in [-0.25, -0.2) is 0 Å². The molecule has 0 bridgehead atoms. The molecule has 0 heterocycles. The molecule has 0 saturated carbocycles. The number of benzene rings is 2. The third-order valence-corrected chi connectivity index (χ3v) is 5.06. The van der Waals surface area contributed by atoms with Gasteiger partial charge in [-0.15, -0.1) is 0 Å². The van der Waals surface area contributed by atoms with Crippen LogP contribution < -0.4 is 4.90 Å². The van der Waals surface area contributed by atoms with E-state index in [9.17, 15) is 9.00 Å². The summed E-state index contributed by atoms with van der Waals surface area (Å²) in [5.41, 5.74) is 1.37. The van der Waals surface area contributed by atoms with Crippen LogP contribution in [0, 0.1) is 0 Å². The Morgan fingerprint density at radius 3 is 2.23 bits per heavy atom. The summed E-state index contributed by atoms with van der Waals surface area (Å²) in [5.74, 6) is -0.132. The van der Waals surface area contributed by atoms with Gasteiger partial charge in [-0.1, -0.05) is 47.5 Å². The summed E-state index contributed by atoms with van der Waals surface area (Å²) in [6.45, 7) is 0. The lowest BCUT2D eigenvalue weighted by molar-refractivity contribution is -0.115. The zero-order valence-corrected chi connectivity index (χ0v) is 14.3. The summed E-state index contributed by atoms with van der Waals surface area (Å²) < 4.78 is 12.2. The number of rotatable bonds is 5. The third-order valence-electron chi connectivity index (χ3n) is 3.17. The summed E-state index contributed by atoms with van der Waals surface area (Å²) in [6, 6.07) is 14.3. The Kier molecular flexibility index (Phi) is 6.00. The fraction of sp³-hybridized carbons (Fsp3) is 0.188. The molecule has 0 aliphatic heterocycles. The molecule has 22 heavy (non-hydrogen) atoms. The smallest absolute Gasteiger partial charge is 0.239 e. The van der Waals surface area contributed by atoms with Crippen LogP contribution in [-0.4, -0.2) is 22.9 Å². The first-order valence-electron chi connectivity index (χ1n) is 6.58. The van der Waals surface area contributed by atoms with Gasteiger partial charge in [-0.2, -0.15) is 0 Å². The number of para-hydroxylation sites is 1. The van der Waals surface area contributed by atoms with E-state index in [1.165, 1.54) is 4.90 Å². The van der Waals surface area contributed by atoms with Gasteiger partial charge in [-0.05, 0) is 24.3 Å². The van der Waals surface area contributed by atoms with Crippen LogP contribution in [0.2, 0.25) is 10.0 Å². The number of carbonyl (C=O) groups excluding carboxylic acids is 1. The Morgan fingerprint density at radius 2 is 1.64 bits per heavy atom. The van der Waals surface area contributed by atoms with E-state index in [1.54, 1.807) is 25.2 Å². The van der Waals surface area contributed by atoms with Crippen molar-refractivity contribution in [3.05, 3.63) is 64.1 Å². The van der Waals surface area contributed by atoms with Crippen LogP contribution in [0.25, 0.3) is 0 Å². The van der Waals surface area contributed by atoms with Crippen molar-refractivity contribution in [3.8, 4) is 0 Å². The molecule has 2 aromatic rings. The van der Waals surface area contributed by atoms with E-state index >= 15 is 0 Å².